The van der Waals surface area contributed by atoms with Gasteiger partial charge in [0, 0.05) is 43.1 Å². The van der Waals surface area contributed by atoms with Crippen LogP contribution in [0.2, 0.25) is 0 Å². The summed E-state index contributed by atoms with van der Waals surface area (Å²) in [5.41, 5.74) is 2.45. The van der Waals surface area contributed by atoms with Crippen LogP contribution in [0.1, 0.15) is 67.5 Å². The van der Waals surface area contributed by atoms with E-state index in [0.717, 1.165) is 78.4 Å². The second kappa shape index (κ2) is 10.2. The number of sulfone groups is 1. The van der Waals surface area contributed by atoms with Crippen LogP contribution < -0.4 is 10.2 Å². The summed E-state index contributed by atoms with van der Waals surface area (Å²) >= 11 is 1.72. The first-order valence-corrected chi connectivity index (χ1v) is 16.4. The Bertz CT molecular complexity index is 1320. The molecule has 2 saturated carbocycles. The maximum Gasteiger partial charge on any atom is 0.225 e. The Kier molecular flexibility index (Phi) is 6.95. The Morgan fingerprint density at radius 1 is 1.13 bits per heavy atom. The summed E-state index contributed by atoms with van der Waals surface area (Å²) in [6, 6.07) is 10.7. The van der Waals surface area contributed by atoms with Crippen molar-refractivity contribution in [2.45, 2.75) is 62.3 Å². The van der Waals surface area contributed by atoms with Gasteiger partial charge >= 0.3 is 0 Å². The van der Waals surface area contributed by atoms with E-state index in [9.17, 15) is 18.5 Å². The Morgan fingerprint density at radius 3 is 2.53 bits per heavy atom. The summed E-state index contributed by atoms with van der Waals surface area (Å²) in [5.74, 6) is 0.503. The zero-order valence-electron chi connectivity index (χ0n) is 21.5. The Hall–Kier alpha value is -2.48. The average Bonchev–Trinajstić information content (AvgIpc) is 3.30. The van der Waals surface area contributed by atoms with Crippen LogP contribution >= 0.6 is 11.3 Å². The molecule has 1 N–H and O–H groups in total. The highest BCUT2D eigenvalue weighted by molar-refractivity contribution is 7.91. The molecule has 2 aliphatic heterocycles. The summed E-state index contributed by atoms with van der Waals surface area (Å²) in [6.45, 7) is 2.47. The lowest BCUT2D eigenvalue weighted by atomic mass is 9.76. The largest absolute Gasteiger partial charge is 0.381 e. The van der Waals surface area contributed by atoms with Gasteiger partial charge in [0.2, 0.25) is 5.91 Å². The number of carbonyl (C=O) groups is 1. The van der Waals surface area contributed by atoms with Crippen LogP contribution in [0.15, 0.2) is 24.3 Å². The molecule has 1 aromatic carbocycles. The van der Waals surface area contributed by atoms with Crippen molar-refractivity contribution in [2.24, 2.45) is 5.92 Å². The molecule has 38 heavy (non-hydrogen) atoms. The lowest BCUT2D eigenvalue weighted by molar-refractivity contribution is -0.127. The normalized spacial score (nSPS) is 28.0. The average molecular weight is 555 g/mol. The van der Waals surface area contributed by atoms with Crippen molar-refractivity contribution in [1.82, 2.24) is 10.3 Å². The highest BCUT2D eigenvalue weighted by atomic mass is 32.2. The number of carbonyl (C=O) groups excluding carboxylic acids is 1. The van der Waals surface area contributed by atoms with Crippen LogP contribution in [-0.2, 0) is 19.4 Å². The maximum atomic E-state index is 13.4. The molecule has 2 saturated heterocycles. The zero-order chi connectivity index (χ0) is 26.3. The number of ether oxygens (including phenoxy) is 1. The molecule has 3 heterocycles. The molecule has 4 aliphatic rings. The lowest BCUT2D eigenvalue weighted by Gasteiger charge is -2.31. The van der Waals surface area contributed by atoms with Crippen molar-refractivity contribution >= 4 is 32.8 Å². The van der Waals surface area contributed by atoms with E-state index in [-0.39, 0.29) is 35.2 Å². The summed E-state index contributed by atoms with van der Waals surface area (Å²) in [5, 5.41) is 13.7. The molecule has 4 fully saturated rings. The predicted molar refractivity (Wildman–Crippen MR) is 147 cm³/mol. The summed E-state index contributed by atoms with van der Waals surface area (Å²) in [7, 11) is -2.93. The van der Waals surface area contributed by atoms with Crippen LogP contribution in [0, 0.1) is 17.2 Å². The Morgan fingerprint density at radius 2 is 1.87 bits per heavy atom. The van der Waals surface area contributed by atoms with Crippen molar-refractivity contribution in [1.29, 1.82) is 5.26 Å². The topological polar surface area (TPSA) is 112 Å². The van der Waals surface area contributed by atoms with Gasteiger partial charge in [-0.25, -0.2) is 13.4 Å². The van der Waals surface area contributed by atoms with Crippen molar-refractivity contribution in [3.63, 3.8) is 0 Å². The minimum Gasteiger partial charge on any atom is -0.381 e. The lowest BCUT2D eigenvalue weighted by Crippen LogP contribution is -2.42. The SMILES string of the molecule is N#CC1(NC(=O)C2CCCCC2c2nc(C3CCOC3)sc2-c2ccc(N3CCS(=O)(=O)CC3)cc2)CC1. The van der Waals surface area contributed by atoms with Crippen LogP contribution in [0.4, 0.5) is 5.69 Å². The molecular weight excluding hydrogens is 520 g/mol. The fourth-order valence-corrected chi connectivity index (χ4v) is 8.46. The van der Waals surface area contributed by atoms with Gasteiger partial charge in [0.25, 0.3) is 0 Å². The third-order valence-electron chi connectivity index (χ3n) is 8.57. The van der Waals surface area contributed by atoms with Gasteiger partial charge in [0.1, 0.15) is 5.54 Å². The first kappa shape index (κ1) is 25.8. The van der Waals surface area contributed by atoms with Gasteiger partial charge in [-0.15, -0.1) is 11.3 Å². The van der Waals surface area contributed by atoms with Gasteiger partial charge in [-0.2, -0.15) is 5.26 Å². The molecule has 0 radical (unpaired) electrons. The molecule has 10 heteroatoms. The standard InChI is InChI=1S/C28H34N4O4S2/c29-18-28(10-11-28)31-26(33)23-4-2-1-3-22(23)24-25(37-27(30-24)20-9-14-36-17-20)19-5-7-21(8-6-19)32-12-15-38(34,35)16-13-32/h5-8,20,22-23H,1-4,9-17H2,(H,31,33). The first-order valence-electron chi connectivity index (χ1n) is 13.7. The van der Waals surface area contributed by atoms with E-state index in [2.05, 4.69) is 40.6 Å². The summed E-state index contributed by atoms with van der Waals surface area (Å²) in [4.78, 5) is 21.9. The third-order valence-corrected chi connectivity index (χ3v) is 11.5. The number of benzene rings is 1. The highest BCUT2D eigenvalue weighted by Gasteiger charge is 2.47. The maximum absolute atomic E-state index is 13.4. The number of hydrogen-bond acceptors (Lipinski definition) is 8. The number of aromatic nitrogens is 1. The first-order chi connectivity index (χ1) is 18.4. The van der Waals surface area contributed by atoms with Gasteiger partial charge in [0.15, 0.2) is 9.84 Å². The molecule has 8 nitrogen and oxygen atoms in total. The van der Waals surface area contributed by atoms with E-state index < -0.39 is 15.4 Å². The fourth-order valence-electron chi connectivity index (χ4n) is 6.00. The van der Waals surface area contributed by atoms with E-state index in [1.54, 1.807) is 11.3 Å². The number of nitriles is 1. The van der Waals surface area contributed by atoms with Crippen LogP contribution in [0.25, 0.3) is 10.4 Å². The predicted octanol–water partition coefficient (Wildman–Crippen LogP) is 3.99. The van der Waals surface area contributed by atoms with Gasteiger partial charge in [0.05, 0.1) is 39.8 Å². The number of anilines is 1. The number of thiazole rings is 1. The van der Waals surface area contributed by atoms with Crippen LogP contribution in [0.3, 0.4) is 0 Å². The number of rotatable bonds is 6. The van der Waals surface area contributed by atoms with Gasteiger partial charge < -0.3 is 15.0 Å². The van der Waals surface area contributed by atoms with Crippen molar-refractivity contribution in [3.8, 4) is 16.5 Å². The molecule has 202 valence electrons. The van der Waals surface area contributed by atoms with E-state index in [4.69, 9.17) is 9.72 Å². The van der Waals surface area contributed by atoms with Crippen molar-refractivity contribution in [2.75, 3.05) is 42.7 Å². The number of hydrogen-bond donors (Lipinski definition) is 1. The number of amides is 1. The van der Waals surface area contributed by atoms with E-state index in [1.807, 2.05) is 0 Å². The van der Waals surface area contributed by atoms with Crippen molar-refractivity contribution in [3.05, 3.63) is 35.0 Å². The molecule has 3 atom stereocenters. The number of nitrogens with zero attached hydrogens (tertiary/aromatic N) is 3. The number of nitrogens with one attached hydrogen (secondary N) is 1. The smallest absolute Gasteiger partial charge is 0.225 e. The second-order valence-corrected chi connectivity index (χ2v) is 14.5. The van der Waals surface area contributed by atoms with E-state index >= 15 is 0 Å². The molecule has 2 aromatic rings. The third kappa shape index (κ3) is 5.21. The Labute approximate surface area is 228 Å². The zero-order valence-corrected chi connectivity index (χ0v) is 23.2. The van der Waals surface area contributed by atoms with E-state index in [0.29, 0.717) is 19.7 Å². The fraction of sp³-hybridized carbons (Fsp3) is 0.607. The summed E-state index contributed by atoms with van der Waals surface area (Å²) < 4.78 is 29.4. The Balaban J connectivity index is 1.30. The van der Waals surface area contributed by atoms with E-state index in [1.165, 1.54) is 0 Å². The molecule has 3 unspecified atom stereocenters. The minimum absolute atomic E-state index is 0.00570. The van der Waals surface area contributed by atoms with Gasteiger partial charge in [-0.1, -0.05) is 25.0 Å². The second-order valence-electron chi connectivity index (χ2n) is 11.2. The van der Waals surface area contributed by atoms with Gasteiger partial charge in [-0.3, -0.25) is 4.79 Å². The monoisotopic (exact) mass is 554 g/mol. The van der Waals surface area contributed by atoms with Crippen LogP contribution in [-0.4, -0.2) is 62.7 Å². The molecule has 0 spiro atoms. The molecule has 1 amide bonds. The summed E-state index contributed by atoms with van der Waals surface area (Å²) in [6.07, 6.45) is 6.22. The molecule has 2 aliphatic carbocycles. The van der Waals surface area contributed by atoms with Gasteiger partial charge in [-0.05, 0) is 49.8 Å². The molecule has 6 rings (SSSR count). The molecular formula is C28H34N4O4S2. The molecule has 1 aromatic heterocycles. The van der Waals surface area contributed by atoms with Crippen LogP contribution in [0.5, 0.6) is 0 Å². The van der Waals surface area contributed by atoms with Crippen molar-refractivity contribution < 1.29 is 17.9 Å². The quantitative estimate of drug-likeness (QED) is 0.574. The molecule has 0 bridgehead atoms. The highest BCUT2D eigenvalue weighted by Crippen LogP contribution is 2.46. The minimum atomic E-state index is -2.93.